The molecule has 1 atom stereocenters. The second kappa shape index (κ2) is 9.72. The Bertz CT molecular complexity index is 2630. The van der Waals surface area contributed by atoms with E-state index in [1.54, 1.807) is 0 Å². The molecular weight excluding hydrogens is 558 g/mol. The minimum absolute atomic E-state index is 0.108. The average molecular weight is 586 g/mol. The fraction of sp³-hybridized carbons (Fsp3) is 0.0233. The van der Waals surface area contributed by atoms with E-state index in [2.05, 4.69) is 156 Å². The second-order valence-corrected chi connectivity index (χ2v) is 12.2. The summed E-state index contributed by atoms with van der Waals surface area (Å²) in [6, 6.07) is 56.6. The van der Waals surface area contributed by atoms with Gasteiger partial charge in [-0.2, -0.15) is 0 Å². The van der Waals surface area contributed by atoms with Gasteiger partial charge in [0.25, 0.3) is 0 Å². The number of hydrogen-bond donors (Lipinski definition) is 0. The minimum atomic E-state index is 0.108. The summed E-state index contributed by atoms with van der Waals surface area (Å²) in [5.74, 6) is 0.789. The predicted molar refractivity (Wildman–Crippen MR) is 190 cm³/mol. The second-order valence-electron chi connectivity index (χ2n) is 12.2. The van der Waals surface area contributed by atoms with Gasteiger partial charge < -0.3 is 0 Å². The molecule has 0 bridgehead atoms. The summed E-state index contributed by atoms with van der Waals surface area (Å²) in [7, 11) is 0. The standard InChI is InChI=1S/C43H27N3/c1-3-13-27(14-4-1)39-35-26-30-18-8-7-17-29(30)25-34(35)31-23-24-38-40(41(31)39)33-20-10-12-22-37(33)46(38)43-44-36-21-11-9-19-32(36)42(45-43)28-15-5-2-6-16-28/h1-26,39H. The molecule has 0 saturated heterocycles. The maximum Gasteiger partial charge on any atom is 0.235 e. The van der Waals surface area contributed by atoms with E-state index in [-0.39, 0.29) is 5.92 Å². The number of nitrogens with zero attached hydrogens (tertiary/aromatic N) is 3. The summed E-state index contributed by atoms with van der Waals surface area (Å²) >= 11 is 0. The number of benzene rings is 7. The van der Waals surface area contributed by atoms with Crippen LogP contribution in [0.25, 0.3) is 71.8 Å². The van der Waals surface area contributed by atoms with Crippen LogP contribution < -0.4 is 0 Å². The Kier molecular flexibility index (Phi) is 5.34. The van der Waals surface area contributed by atoms with Crippen molar-refractivity contribution >= 4 is 43.5 Å². The Balaban J connectivity index is 1.32. The van der Waals surface area contributed by atoms with E-state index < -0.39 is 0 Å². The van der Waals surface area contributed by atoms with Crippen LogP contribution in [-0.2, 0) is 0 Å². The third kappa shape index (κ3) is 3.60. The van der Waals surface area contributed by atoms with Gasteiger partial charge in [0.2, 0.25) is 5.95 Å². The van der Waals surface area contributed by atoms with Crippen molar-refractivity contribution < 1.29 is 0 Å². The van der Waals surface area contributed by atoms with Gasteiger partial charge in [-0.1, -0.05) is 127 Å². The number of hydrogen-bond acceptors (Lipinski definition) is 2. The van der Waals surface area contributed by atoms with Gasteiger partial charge in [-0.25, -0.2) is 9.97 Å². The molecule has 0 N–H and O–H groups in total. The van der Waals surface area contributed by atoms with E-state index in [1.165, 1.54) is 49.4 Å². The van der Waals surface area contributed by atoms with Gasteiger partial charge in [0, 0.05) is 27.6 Å². The number of para-hydroxylation sites is 2. The molecule has 3 heteroatoms. The first-order valence-electron chi connectivity index (χ1n) is 15.8. The van der Waals surface area contributed by atoms with E-state index in [4.69, 9.17) is 9.97 Å². The maximum absolute atomic E-state index is 5.31. The molecule has 1 aliphatic rings. The van der Waals surface area contributed by atoms with E-state index in [9.17, 15) is 0 Å². The van der Waals surface area contributed by atoms with Crippen LogP contribution in [0.15, 0.2) is 158 Å². The highest BCUT2D eigenvalue weighted by molar-refractivity contribution is 6.14. The van der Waals surface area contributed by atoms with Crippen LogP contribution in [0.3, 0.4) is 0 Å². The molecule has 0 radical (unpaired) electrons. The summed E-state index contributed by atoms with van der Waals surface area (Å²) in [6.07, 6.45) is 0. The SMILES string of the molecule is c1ccc(-c2nc(-n3c4ccccc4c4c5c(ccc43)-c3cc4ccccc4cc3C5c3ccccc3)nc3ccccc23)cc1. The van der Waals surface area contributed by atoms with Crippen LogP contribution >= 0.6 is 0 Å². The van der Waals surface area contributed by atoms with E-state index >= 15 is 0 Å². The molecule has 10 rings (SSSR count). The van der Waals surface area contributed by atoms with Crippen molar-refractivity contribution in [2.45, 2.75) is 5.92 Å². The monoisotopic (exact) mass is 585 g/mol. The average Bonchev–Trinajstić information content (AvgIpc) is 3.63. The predicted octanol–water partition coefficient (Wildman–Crippen LogP) is 10.7. The quantitative estimate of drug-likeness (QED) is 0.206. The van der Waals surface area contributed by atoms with E-state index in [1.807, 2.05) is 6.07 Å². The van der Waals surface area contributed by atoms with E-state index in [0.717, 1.165) is 33.2 Å². The highest BCUT2D eigenvalue weighted by atomic mass is 15.2. The van der Waals surface area contributed by atoms with Crippen molar-refractivity contribution in [1.29, 1.82) is 0 Å². The fourth-order valence-corrected chi connectivity index (χ4v) is 7.70. The van der Waals surface area contributed by atoms with Crippen LogP contribution in [0.5, 0.6) is 0 Å². The van der Waals surface area contributed by atoms with Gasteiger partial charge in [-0.05, 0) is 68.9 Å². The first-order valence-corrected chi connectivity index (χ1v) is 15.8. The molecule has 46 heavy (non-hydrogen) atoms. The summed E-state index contributed by atoms with van der Waals surface area (Å²) in [4.78, 5) is 10.5. The van der Waals surface area contributed by atoms with Crippen LogP contribution in [0.2, 0.25) is 0 Å². The molecular formula is C43H27N3. The molecule has 2 aromatic heterocycles. The molecule has 0 aliphatic heterocycles. The fourth-order valence-electron chi connectivity index (χ4n) is 7.70. The van der Waals surface area contributed by atoms with Gasteiger partial charge >= 0.3 is 0 Å². The number of rotatable bonds is 3. The summed E-state index contributed by atoms with van der Waals surface area (Å²) < 4.78 is 2.27. The number of aromatic nitrogens is 3. The Morgan fingerprint density at radius 1 is 0.500 bits per heavy atom. The van der Waals surface area contributed by atoms with Crippen LogP contribution in [0.1, 0.15) is 22.6 Å². The zero-order valence-corrected chi connectivity index (χ0v) is 24.9. The van der Waals surface area contributed by atoms with Gasteiger partial charge in [0.05, 0.1) is 22.2 Å². The lowest BCUT2D eigenvalue weighted by Crippen LogP contribution is -2.04. The molecule has 9 aromatic rings. The van der Waals surface area contributed by atoms with Crippen LogP contribution in [0, 0.1) is 0 Å². The van der Waals surface area contributed by atoms with Crippen LogP contribution in [0.4, 0.5) is 0 Å². The summed E-state index contributed by atoms with van der Waals surface area (Å²) in [5.41, 5.74) is 11.8. The Hall–Kier alpha value is -6.06. The minimum Gasteiger partial charge on any atom is -0.278 e. The Morgan fingerprint density at radius 3 is 2.00 bits per heavy atom. The van der Waals surface area contributed by atoms with Gasteiger partial charge in [0.1, 0.15) is 0 Å². The third-order valence-electron chi connectivity index (χ3n) is 9.66. The van der Waals surface area contributed by atoms with Crippen molar-refractivity contribution in [1.82, 2.24) is 14.5 Å². The van der Waals surface area contributed by atoms with Gasteiger partial charge in [0.15, 0.2) is 0 Å². The molecule has 0 spiro atoms. The van der Waals surface area contributed by atoms with Gasteiger partial charge in [-0.3, -0.25) is 4.57 Å². The highest BCUT2D eigenvalue weighted by Crippen LogP contribution is 2.53. The zero-order chi connectivity index (χ0) is 30.2. The first-order chi connectivity index (χ1) is 22.8. The number of fused-ring (bicyclic) bond motifs is 9. The lowest BCUT2D eigenvalue weighted by atomic mass is 9.86. The molecule has 0 saturated carbocycles. The molecule has 7 aromatic carbocycles. The molecule has 0 fully saturated rings. The Labute approximate surface area is 266 Å². The van der Waals surface area contributed by atoms with Crippen molar-refractivity contribution in [3.8, 4) is 28.3 Å². The normalized spacial score (nSPS) is 13.9. The van der Waals surface area contributed by atoms with Crippen molar-refractivity contribution in [2.24, 2.45) is 0 Å². The van der Waals surface area contributed by atoms with Crippen molar-refractivity contribution in [3.63, 3.8) is 0 Å². The molecule has 1 aliphatic carbocycles. The summed E-state index contributed by atoms with van der Waals surface area (Å²) in [6.45, 7) is 0. The van der Waals surface area contributed by atoms with Crippen LogP contribution in [-0.4, -0.2) is 14.5 Å². The third-order valence-corrected chi connectivity index (χ3v) is 9.66. The topological polar surface area (TPSA) is 30.7 Å². The molecule has 2 heterocycles. The van der Waals surface area contributed by atoms with Crippen molar-refractivity contribution in [3.05, 3.63) is 174 Å². The molecule has 3 nitrogen and oxygen atoms in total. The molecule has 214 valence electrons. The zero-order valence-electron chi connectivity index (χ0n) is 24.9. The first kappa shape index (κ1) is 25.3. The van der Waals surface area contributed by atoms with Crippen molar-refractivity contribution in [2.75, 3.05) is 0 Å². The summed E-state index contributed by atoms with van der Waals surface area (Å²) in [5, 5.41) is 6.06. The largest absolute Gasteiger partial charge is 0.278 e. The highest BCUT2D eigenvalue weighted by Gasteiger charge is 2.34. The lowest BCUT2D eigenvalue weighted by Gasteiger charge is -2.16. The smallest absolute Gasteiger partial charge is 0.235 e. The van der Waals surface area contributed by atoms with E-state index in [0.29, 0.717) is 5.95 Å². The molecule has 0 amide bonds. The molecule has 1 unspecified atom stereocenters. The maximum atomic E-state index is 5.31. The van der Waals surface area contributed by atoms with Gasteiger partial charge in [-0.15, -0.1) is 0 Å². The lowest BCUT2D eigenvalue weighted by molar-refractivity contribution is 1.01. The Morgan fingerprint density at radius 2 is 1.17 bits per heavy atom.